The van der Waals surface area contributed by atoms with Crippen molar-refractivity contribution < 1.29 is 9.18 Å². The number of hydrogen-bond donors (Lipinski definition) is 1. The fourth-order valence-electron chi connectivity index (χ4n) is 3.20. The lowest BCUT2D eigenvalue weighted by Gasteiger charge is -2.12. The highest BCUT2D eigenvalue weighted by molar-refractivity contribution is 6.04. The Hall–Kier alpha value is -3.61. The standard InChI is InChI=1S/C13H18N4O.C11H8FN.C2H6/c1-4-9-6-8(7-10(5-2)15-9)11-12(18)17(3)13(14)16-11;12-11-10(7-4-8-13-11)9-5-2-1-3-6-9;1-2/h6-7,11H,4-5H2,1-3H3,(H2,14,16);1-8H;1-2H3. The highest BCUT2D eigenvalue weighted by atomic mass is 19.1. The summed E-state index contributed by atoms with van der Waals surface area (Å²) in [6, 6.07) is 16.2. The molecule has 6 nitrogen and oxygen atoms in total. The largest absolute Gasteiger partial charge is 0.369 e. The lowest BCUT2D eigenvalue weighted by molar-refractivity contribution is -0.126. The van der Waals surface area contributed by atoms with Crippen LogP contribution in [-0.4, -0.2) is 33.8 Å². The van der Waals surface area contributed by atoms with Crippen molar-refractivity contribution in [3.63, 3.8) is 0 Å². The number of guanidine groups is 1. The molecular weight excluding hydrogens is 417 g/mol. The van der Waals surface area contributed by atoms with E-state index in [1.807, 2.05) is 70.2 Å². The zero-order valence-electron chi connectivity index (χ0n) is 19.9. The second-order valence-corrected chi connectivity index (χ2v) is 7.09. The predicted octanol–water partition coefficient (Wildman–Crippen LogP) is 4.95. The Kier molecular flexibility index (Phi) is 9.66. The minimum Gasteiger partial charge on any atom is -0.369 e. The summed E-state index contributed by atoms with van der Waals surface area (Å²) in [5.41, 5.74) is 9.93. The Morgan fingerprint density at radius 1 is 1.00 bits per heavy atom. The second-order valence-electron chi connectivity index (χ2n) is 7.09. The molecule has 33 heavy (non-hydrogen) atoms. The van der Waals surface area contributed by atoms with Crippen molar-refractivity contribution in [1.82, 2.24) is 14.9 Å². The molecule has 0 aliphatic carbocycles. The fourth-order valence-corrected chi connectivity index (χ4v) is 3.20. The first-order chi connectivity index (χ1) is 15.9. The molecular formula is C26H32FN5O. The Bertz CT molecular complexity index is 1060. The van der Waals surface area contributed by atoms with E-state index in [1.165, 1.54) is 11.1 Å². The molecule has 1 aromatic carbocycles. The summed E-state index contributed by atoms with van der Waals surface area (Å²) in [4.78, 5) is 25.7. The topological polar surface area (TPSA) is 84.5 Å². The van der Waals surface area contributed by atoms with Gasteiger partial charge in [-0.2, -0.15) is 4.39 Å². The van der Waals surface area contributed by atoms with Gasteiger partial charge in [-0.15, -0.1) is 0 Å². The van der Waals surface area contributed by atoms with Crippen molar-refractivity contribution in [3.8, 4) is 11.1 Å². The molecule has 4 rings (SSSR count). The van der Waals surface area contributed by atoms with Gasteiger partial charge >= 0.3 is 0 Å². The number of aliphatic imine (C=N–C) groups is 1. The SMILES string of the molecule is CC.CCc1cc(C2N=C(N)N(C)C2=O)cc(CC)n1.Fc1ncccc1-c1ccccc1. The van der Waals surface area contributed by atoms with Crippen molar-refractivity contribution in [1.29, 1.82) is 0 Å². The summed E-state index contributed by atoms with van der Waals surface area (Å²) in [7, 11) is 1.64. The summed E-state index contributed by atoms with van der Waals surface area (Å²) < 4.78 is 13.2. The van der Waals surface area contributed by atoms with Crippen LogP contribution in [0.3, 0.4) is 0 Å². The maximum absolute atomic E-state index is 13.2. The summed E-state index contributed by atoms with van der Waals surface area (Å²) in [6.45, 7) is 8.09. The van der Waals surface area contributed by atoms with Gasteiger partial charge in [0.1, 0.15) is 0 Å². The molecule has 3 aromatic rings. The zero-order valence-corrected chi connectivity index (χ0v) is 19.9. The minimum atomic E-state index is -0.506. The lowest BCUT2D eigenvalue weighted by atomic mass is 10.0. The first kappa shape index (κ1) is 25.6. The average molecular weight is 450 g/mol. The number of benzene rings is 1. The normalized spacial score (nSPS) is 14.6. The Morgan fingerprint density at radius 2 is 1.61 bits per heavy atom. The third-order valence-corrected chi connectivity index (χ3v) is 5.01. The van der Waals surface area contributed by atoms with E-state index in [1.54, 1.807) is 19.2 Å². The Labute approximate surface area is 195 Å². The number of aromatic nitrogens is 2. The van der Waals surface area contributed by atoms with Crippen LogP contribution >= 0.6 is 0 Å². The van der Waals surface area contributed by atoms with Crippen LogP contribution in [0.1, 0.15) is 50.7 Å². The third-order valence-electron chi connectivity index (χ3n) is 5.01. The summed E-state index contributed by atoms with van der Waals surface area (Å²) >= 11 is 0. The van der Waals surface area contributed by atoms with Gasteiger partial charge in [-0.05, 0) is 48.2 Å². The van der Waals surface area contributed by atoms with E-state index < -0.39 is 12.0 Å². The van der Waals surface area contributed by atoms with Crippen molar-refractivity contribution in [2.45, 2.75) is 46.6 Å². The van der Waals surface area contributed by atoms with Gasteiger partial charge in [-0.1, -0.05) is 58.0 Å². The van der Waals surface area contributed by atoms with Crippen LogP contribution in [0.5, 0.6) is 0 Å². The van der Waals surface area contributed by atoms with E-state index in [-0.39, 0.29) is 11.9 Å². The Morgan fingerprint density at radius 3 is 2.09 bits per heavy atom. The van der Waals surface area contributed by atoms with Crippen molar-refractivity contribution in [2.75, 3.05) is 7.05 Å². The van der Waals surface area contributed by atoms with Gasteiger partial charge < -0.3 is 5.73 Å². The highest BCUT2D eigenvalue weighted by Crippen LogP contribution is 2.26. The smallest absolute Gasteiger partial charge is 0.258 e. The molecule has 7 heteroatoms. The molecule has 1 aliphatic heterocycles. The summed E-state index contributed by atoms with van der Waals surface area (Å²) in [5, 5.41) is 0. The molecule has 0 saturated heterocycles. The fraction of sp³-hybridized carbons (Fsp3) is 0.308. The first-order valence-corrected chi connectivity index (χ1v) is 11.2. The lowest BCUT2D eigenvalue weighted by Crippen LogP contribution is -2.34. The predicted molar refractivity (Wildman–Crippen MR) is 131 cm³/mol. The number of hydrogen-bond acceptors (Lipinski definition) is 5. The van der Waals surface area contributed by atoms with Gasteiger partial charge in [-0.3, -0.25) is 14.7 Å². The number of nitrogens with zero attached hydrogens (tertiary/aromatic N) is 4. The number of amides is 1. The van der Waals surface area contributed by atoms with E-state index in [0.717, 1.165) is 35.4 Å². The van der Waals surface area contributed by atoms with Gasteiger partial charge in [-0.25, -0.2) is 9.98 Å². The van der Waals surface area contributed by atoms with Crippen LogP contribution in [0.25, 0.3) is 11.1 Å². The molecule has 1 amide bonds. The molecule has 174 valence electrons. The number of pyridine rings is 2. The van der Waals surface area contributed by atoms with Crippen LogP contribution in [0.2, 0.25) is 0 Å². The number of likely N-dealkylation sites (N-methyl/N-ethyl adjacent to an activating group) is 1. The van der Waals surface area contributed by atoms with Crippen LogP contribution in [0, 0.1) is 5.95 Å². The van der Waals surface area contributed by atoms with E-state index in [4.69, 9.17) is 5.73 Å². The van der Waals surface area contributed by atoms with Crippen LogP contribution in [0.4, 0.5) is 4.39 Å². The van der Waals surface area contributed by atoms with Gasteiger partial charge in [0, 0.05) is 30.2 Å². The molecule has 0 spiro atoms. The number of nitrogens with two attached hydrogens (primary N) is 1. The van der Waals surface area contributed by atoms with Gasteiger partial charge in [0.25, 0.3) is 5.91 Å². The average Bonchev–Trinajstić information content (AvgIpc) is 3.13. The summed E-state index contributed by atoms with van der Waals surface area (Å²) in [6.07, 6.45) is 3.13. The number of rotatable bonds is 4. The van der Waals surface area contributed by atoms with Gasteiger partial charge in [0.2, 0.25) is 5.95 Å². The molecule has 0 radical (unpaired) electrons. The number of aryl methyl sites for hydroxylation is 2. The van der Waals surface area contributed by atoms with Crippen molar-refractivity contribution >= 4 is 11.9 Å². The zero-order chi connectivity index (χ0) is 24.4. The number of halogens is 1. The van der Waals surface area contributed by atoms with Crippen molar-refractivity contribution in [2.24, 2.45) is 10.7 Å². The second kappa shape index (κ2) is 12.4. The molecule has 0 saturated carbocycles. The molecule has 0 fully saturated rings. The van der Waals surface area contributed by atoms with E-state index >= 15 is 0 Å². The molecule has 2 aromatic heterocycles. The molecule has 3 heterocycles. The third kappa shape index (κ3) is 6.44. The molecule has 2 N–H and O–H groups in total. The number of carbonyl (C=O) groups is 1. The maximum atomic E-state index is 13.2. The van der Waals surface area contributed by atoms with Crippen molar-refractivity contribution in [3.05, 3.63) is 83.7 Å². The van der Waals surface area contributed by atoms with Crippen LogP contribution in [0.15, 0.2) is 65.8 Å². The number of carbonyl (C=O) groups excluding carboxylic acids is 1. The minimum absolute atomic E-state index is 0.0807. The molecule has 0 bridgehead atoms. The van der Waals surface area contributed by atoms with Gasteiger partial charge in [0.15, 0.2) is 12.0 Å². The van der Waals surface area contributed by atoms with E-state index in [9.17, 15) is 9.18 Å². The van der Waals surface area contributed by atoms with E-state index in [2.05, 4.69) is 15.0 Å². The quantitative estimate of drug-likeness (QED) is 0.571. The first-order valence-electron chi connectivity index (χ1n) is 11.2. The molecule has 1 unspecified atom stereocenters. The van der Waals surface area contributed by atoms with E-state index in [0.29, 0.717) is 5.56 Å². The Balaban J connectivity index is 0.000000227. The highest BCUT2D eigenvalue weighted by Gasteiger charge is 2.32. The summed E-state index contributed by atoms with van der Waals surface area (Å²) in [5.74, 6) is -0.227. The molecule has 1 aliphatic rings. The maximum Gasteiger partial charge on any atom is 0.258 e. The molecule has 1 atom stereocenters. The monoisotopic (exact) mass is 449 g/mol. The van der Waals surface area contributed by atoms with Crippen LogP contribution < -0.4 is 5.73 Å². The van der Waals surface area contributed by atoms with Gasteiger partial charge in [0.05, 0.1) is 0 Å². The van der Waals surface area contributed by atoms with Crippen LogP contribution in [-0.2, 0) is 17.6 Å².